The van der Waals surface area contributed by atoms with E-state index >= 15 is 0 Å². The van der Waals surface area contributed by atoms with Crippen LogP contribution in [0.1, 0.15) is 39.0 Å². The lowest BCUT2D eigenvalue weighted by Gasteiger charge is -2.38. The first-order valence-corrected chi connectivity index (χ1v) is 8.90. The van der Waals surface area contributed by atoms with Gasteiger partial charge in [0.25, 0.3) is 5.91 Å². The van der Waals surface area contributed by atoms with Crippen molar-refractivity contribution in [2.24, 2.45) is 11.8 Å². The number of hydrogen-bond acceptors (Lipinski definition) is 4. The first-order chi connectivity index (χ1) is 11.9. The van der Waals surface area contributed by atoms with E-state index in [1.165, 1.54) is 23.5 Å². The zero-order valence-electron chi connectivity index (χ0n) is 14.8. The topological polar surface area (TPSA) is 77.9 Å². The molecule has 2 fully saturated rings. The van der Waals surface area contributed by atoms with Gasteiger partial charge in [-0.2, -0.15) is 0 Å². The maximum absolute atomic E-state index is 13.0. The summed E-state index contributed by atoms with van der Waals surface area (Å²) >= 11 is 0. The highest BCUT2D eigenvalue weighted by Crippen LogP contribution is 2.41. The molecule has 3 aliphatic rings. The molecule has 6 nitrogen and oxygen atoms in total. The number of urea groups is 1. The molecule has 2 aliphatic carbocycles. The minimum atomic E-state index is -0.859. The van der Waals surface area contributed by atoms with Crippen molar-refractivity contribution in [3.05, 3.63) is 30.4 Å². The van der Waals surface area contributed by atoms with Crippen molar-refractivity contribution in [1.82, 2.24) is 9.80 Å². The molecule has 3 amide bonds. The molecule has 25 heavy (non-hydrogen) atoms. The fraction of sp³-hybridized carbons (Fsp3) is 0.579. The second kappa shape index (κ2) is 6.65. The highest BCUT2D eigenvalue weighted by Gasteiger charge is 2.56. The lowest BCUT2D eigenvalue weighted by atomic mass is 9.75. The number of hydrogen-bond donors (Lipinski definition) is 1. The van der Waals surface area contributed by atoms with Gasteiger partial charge in [-0.05, 0) is 37.8 Å². The number of likely N-dealkylation sites (N-methyl/N-ethyl adjacent to an activating group) is 1. The standard InChI is InChI=1S/C19H25N2O4/c1-19(14-6-4-3-5-7-14)17(24)21(18(25)20(19)2)12-16(23)13-8-10-15(22)11-9-13/h8-11,13-14,22H,3-7,12H2,1-2H3. The molecule has 1 saturated carbocycles. The minimum Gasteiger partial charge on any atom is -0.508 e. The van der Waals surface area contributed by atoms with Crippen molar-refractivity contribution in [3.63, 3.8) is 0 Å². The number of nitrogens with zero attached hydrogens (tertiary/aromatic N) is 2. The Balaban J connectivity index is 1.74. The van der Waals surface area contributed by atoms with Gasteiger partial charge in [0.1, 0.15) is 11.3 Å². The van der Waals surface area contributed by atoms with Gasteiger partial charge in [0.15, 0.2) is 5.78 Å². The van der Waals surface area contributed by atoms with Gasteiger partial charge in [-0.25, -0.2) is 4.79 Å². The number of imide groups is 1. The molecule has 1 aliphatic heterocycles. The maximum atomic E-state index is 13.0. The molecule has 0 bridgehead atoms. The first kappa shape index (κ1) is 17.7. The molecule has 2 unspecified atom stereocenters. The molecular weight excluding hydrogens is 320 g/mol. The van der Waals surface area contributed by atoms with E-state index in [4.69, 9.17) is 0 Å². The molecule has 6 heteroatoms. The summed E-state index contributed by atoms with van der Waals surface area (Å²) in [4.78, 5) is 40.8. The van der Waals surface area contributed by atoms with Crippen molar-refractivity contribution in [3.8, 4) is 0 Å². The number of aliphatic hydroxyl groups excluding tert-OH is 1. The normalized spacial score (nSPS) is 30.8. The Morgan fingerprint density at radius 2 is 1.96 bits per heavy atom. The third kappa shape index (κ3) is 2.98. The number of aliphatic hydroxyl groups is 1. The van der Waals surface area contributed by atoms with Crippen LogP contribution < -0.4 is 0 Å². The Hall–Kier alpha value is -2.11. The molecule has 1 saturated heterocycles. The third-order valence-corrected chi connectivity index (χ3v) is 5.93. The second-order valence-corrected chi connectivity index (χ2v) is 7.35. The summed E-state index contributed by atoms with van der Waals surface area (Å²) in [5, 5.41) is 9.33. The summed E-state index contributed by atoms with van der Waals surface area (Å²) in [6.45, 7) is 1.60. The average molecular weight is 345 g/mol. The van der Waals surface area contributed by atoms with Gasteiger partial charge in [-0.15, -0.1) is 0 Å². The van der Waals surface area contributed by atoms with Crippen LogP contribution in [0.15, 0.2) is 24.0 Å². The molecule has 0 spiro atoms. The number of carbonyl (C=O) groups is 3. The molecule has 3 rings (SSSR count). The number of allylic oxidation sites excluding steroid dienone is 3. The van der Waals surface area contributed by atoms with Crippen LogP contribution in [0.25, 0.3) is 0 Å². The highest BCUT2D eigenvalue weighted by atomic mass is 16.3. The number of rotatable bonds is 4. The van der Waals surface area contributed by atoms with Crippen molar-refractivity contribution in [2.75, 3.05) is 13.6 Å². The van der Waals surface area contributed by atoms with E-state index in [2.05, 4.69) is 0 Å². The zero-order chi connectivity index (χ0) is 18.2. The van der Waals surface area contributed by atoms with Crippen LogP contribution in [0.2, 0.25) is 0 Å². The molecule has 2 atom stereocenters. The molecular formula is C19H25N2O4. The second-order valence-electron chi connectivity index (χ2n) is 7.35. The zero-order valence-corrected chi connectivity index (χ0v) is 14.8. The van der Waals surface area contributed by atoms with E-state index in [1.807, 2.05) is 6.92 Å². The van der Waals surface area contributed by atoms with E-state index in [-0.39, 0.29) is 29.9 Å². The van der Waals surface area contributed by atoms with E-state index in [1.54, 1.807) is 19.5 Å². The van der Waals surface area contributed by atoms with Gasteiger partial charge < -0.3 is 10.0 Å². The largest absolute Gasteiger partial charge is 0.508 e. The number of amides is 3. The SMILES string of the molecule is CN1C(=O)N(CC(=O)C2[CH]C=C(O)C=C2)C(=O)C1(C)C1CCCCC1. The Labute approximate surface area is 148 Å². The van der Waals surface area contributed by atoms with Crippen molar-refractivity contribution < 1.29 is 19.5 Å². The quantitative estimate of drug-likeness (QED) is 0.795. The molecule has 1 N–H and O–H groups in total. The van der Waals surface area contributed by atoms with Crippen LogP contribution in [0.4, 0.5) is 4.79 Å². The van der Waals surface area contributed by atoms with Gasteiger partial charge in [-0.1, -0.05) is 25.3 Å². The van der Waals surface area contributed by atoms with E-state index < -0.39 is 17.5 Å². The minimum absolute atomic E-state index is 0.0852. The van der Waals surface area contributed by atoms with E-state index in [0.29, 0.717) is 0 Å². The Morgan fingerprint density at radius 3 is 2.56 bits per heavy atom. The van der Waals surface area contributed by atoms with Crippen LogP contribution in [-0.4, -0.2) is 51.8 Å². The number of carbonyl (C=O) groups excluding carboxylic acids is 3. The van der Waals surface area contributed by atoms with Gasteiger partial charge in [0.05, 0.1) is 6.54 Å². The van der Waals surface area contributed by atoms with Gasteiger partial charge in [0, 0.05) is 19.4 Å². The fourth-order valence-electron chi connectivity index (χ4n) is 4.14. The monoisotopic (exact) mass is 345 g/mol. The third-order valence-electron chi connectivity index (χ3n) is 5.93. The van der Waals surface area contributed by atoms with E-state index in [0.717, 1.165) is 30.6 Å². The highest BCUT2D eigenvalue weighted by molar-refractivity contribution is 6.09. The molecule has 0 aromatic rings. The molecule has 0 aromatic heterocycles. The Morgan fingerprint density at radius 1 is 1.28 bits per heavy atom. The summed E-state index contributed by atoms with van der Waals surface area (Å²) in [7, 11) is 1.66. The van der Waals surface area contributed by atoms with Crippen molar-refractivity contribution in [1.29, 1.82) is 0 Å². The Bertz CT molecular complexity index is 648. The Kier molecular flexibility index (Phi) is 4.71. The fourth-order valence-corrected chi connectivity index (χ4v) is 4.14. The molecule has 1 radical (unpaired) electrons. The van der Waals surface area contributed by atoms with Crippen molar-refractivity contribution >= 4 is 17.7 Å². The summed E-state index contributed by atoms with van der Waals surface area (Å²) in [6, 6.07) is -0.399. The number of ketones is 1. The average Bonchev–Trinajstić information content (AvgIpc) is 2.79. The lowest BCUT2D eigenvalue weighted by Crippen LogP contribution is -2.52. The smallest absolute Gasteiger partial charge is 0.327 e. The predicted octanol–water partition coefficient (Wildman–Crippen LogP) is 2.62. The molecule has 135 valence electrons. The van der Waals surface area contributed by atoms with Gasteiger partial charge in [-0.3, -0.25) is 14.5 Å². The van der Waals surface area contributed by atoms with Crippen LogP contribution in [0.5, 0.6) is 0 Å². The van der Waals surface area contributed by atoms with Crippen molar-refractivity contribution in [2.45, 2.75) is 44.6 Å². The van der Waals surface area contributed by atoms with Crippen LogP contribution >= 0.6 is 0 Å². The first-order valence-electron chi connectivity index (χ1n) is 8.90. The lowest BCUT2D eigenvalue weighted by molar-refractivity contribution is -0.138. The predicted molar refractivity (Wildman–Crippen MR) is 92.5 cm³/mol. The van der Waals surface area contributed by atoms with Crippen LogP contribution in [0.3, 0.4) is 0 Å². The van der Waals surface area contributed by atoms with Crippen LogP contribution in [-0.2, 0) is 9.59 Å². The molecule has 1 heterocycles. The maximum Gasteiger partial charge on any atom is 0.327 e. The summed E-state index contributed by atoms with van der Waals surface area (Å²) in [5.74, 6) is -0.796. The van der Waals surface area contributed by atoms with Gasteiger partial charge >= 0.3 is 6.03 Å². The van der Waals surface area contributed by atoms with Crippen LogP contribution in [0, 0.1) is 18.3 Å². The summed E-state index contributed by atoms with van der Waals surface area (Å²) in [6.07, 6.45) is 11.3. The summed E-state index contributed by atoms with van der Waals surface area (Å²) < 4.78 is 0. The summed E-state index contributed by atoms with van der Waals surface area (Å²) in [5.41, 5.74) is -0.859. The number of Topliss-reactive ketones (excluding diaryl/α,β-unsaturated/α-hetero) is 1. The molecule has 0 aromatic carbocycles. The van der Waals surface area contributed by atoms with Gasteiger partial charge in [0.2, 0.25) is 0 Å². The van der Waals surface area contributed by atoms with E-state index in [9.17, 15) is 19.5 Å².